The van der Waals surface area contributed by atoms with Crippen molar-refractivity contribution in [1.29, 1.82) is 0 Å². The Labute approximate surface area is 166 Å². The van der Waals surface area contributed by atoms with Gasteiger partial charge in [0.05, 0.1) is 11.4 Å². The molecule has 0 aromatic heterocycles. The second-order valence-electron chi connectivity index (χ2n) is 7.51. The number of benzene rings is 2. The molecule has 0 spiro atoms. The lowest BCUT2D eigenvalue weighted by Crippen LogP contribution is -2.47. The molecule has 5 nitrogen and oxygen atoms in total. The lowest BCUT2D eigenvalue weighted by Gasteiger charge is -2.37. The summed E-state index contributed by atoms with van der Waals surface area (Å²) in [5.74, 6) is 0.123. The van der Waals surface area contributed by atoms with Gasteiger partial charge in [0.1, 0.15) is 0 Å². The number of likely N-dealkylation sites (tertiary alicyclic amines) is 1. The van der Waals surface area contributed by atoms with Crippen molar-refractivity contribution in [2.75, 3.05) is 42.5 Å². The number of para-hydroxylation sites is 2. The predicted molar refractivity (Wildman–Crippen MR) is 112 cm³/mol. The van der Waals surface area contributed by atoms with Crippen LogP contribution in [0.25, 0.3) is 0 Å². The number of carbonyl (C=O) groups is 2. The molecule has 1 fully saturated rings. The summed E-state index contributed by atoms with van der Waals surface area (Å²) in [5, 5.41) is 0. The number of hydrogen-bond donors (Lipinski definition) is 0. The molecule has 0 unspecified atom stereocenters. The number of carbonyl (C=O) groups excluding carboxylic acids is 2. The van der Waals surface area contributed by atoms with Crippen LogP contribution in [-0.4, -0.2) is 49.4 Å². The van der Waals surface area contributed by atoms with Crippen molar-refractivity contribution in [2.45, 2.75) is 25.7 Å². The first kappa shape index (κ1) is 18.7. The molecule has 2 aromatic carbocycles. The van der Waals surface area contributed by atoms with E-state index in [1.807, 2.05) is 59.5 Å². The molecule has 2 heterocycles. The van der Waals surface area contributed by atoms with Crippen molar-refractivity contribution < 1.29 is 9.59 Å². The van der Waals surface area contributed by atoms with Gasteiger partial charge in [0.15, 0.2) is 0 Å². The number of piperidine rings is 1. The summed E-state index contributed by atoms with van der Waals surface area (Å²) < 4.78 is 0. The van der Waals surface area contributed by atoms with Crippen LogP contribution < -0.4 is 9.80 Å². The Morgan fingerprint density at radius 1 is 0.714 bits per heavy atom. The van der Waals surface area contributed by atoms with E-state index in [1.54, 1.807) is 4.90 Å². The molecular weight excluding hydrogens is 350 g/mol. The Balaban J connectivity index is 1.49. The number of anilines is 2. The van der Waals surface area contributed by atoms with Gasteiger partial charge in [-0.15, -0.1) is 0 Å². The molecule has 4 rings (SSSR count). The number of rotatable bonds is 4. The first-order chi connectivity index (χ1) is 13.7. The number of amides is 2. The highest BCUT2D eigenvalue weighted by atomic mass is 16.2. The van der Waals surface area contributed by atoms with Crippen molar-refractivity contribution in [3.05, 3.63) is 60.2 Å². The Hall–Kier alpha value is -2.66. The Morgan fingerprint density at radius 2 is 1.32 bits per heavy atom. The maximum Gasteiger partial charge on any atom is 0.258 e. The van der Waals surface area contributed by atoms with E-state index in [0.717, 1.165) is 31.0 Å². The summed E-state index contributed by atoms with van der Waals surface area (Å²) in [6, 6.07) is 17.1. The summed E-state index contributed by atoms with van der Waals surface area (Å²) in [4.78, 5) is 32.0. The van der Waals surface area contributed by atoms with Gasteiger partial charge in [0.2, 0.25) is 5.91 Å². The molecule has 1 saturated heterocycles. The largest absolute Gasteiger partial charge is 0.309 e. The number of nitrogens with zero attached hydrogens (tertiary/aromatic N) is 3. The molecule has 0 atom stereocenters. The van der Waals surface area contributed by atoms with Gasteiger partial charge in [-0.2, -0.15) is 0 Å². The molecule has 0 radical (unpaired) electrons. The fourth-order valence-corrected chi connectivity index (χ4v) is 4.14. The van der Waals surface area contributed by atoms with Gasteiger partial charge >= 0.3 is 0 Å². The minimum atomic E-state index is -0.0199. The van der Waals surface area contributed by atoms with Crippen molar-refractivity contribution in [2.24, 2.45) is 0 Å². The fourth-order valence-electron chi connectivity index (χ4n) is 4.14. The number of hydrogen-bond acceptors (Lipinski definition) is 3. The van der Waals surface area contributed by atoms with Crippen LogP contribution in [0.5, 0.6) is 0 Å². The third-order valence-electron chi connectivity index (χ3n) is 5.67. The fraction of sp³-hybridized carbons (Fsp3) is 0.391. The number of fused-ring (bicyclic) bond motifs is 1. The van der Waals surface area contributed by atoms with E-state index >= 15 is 0 Å². The lowest BCUT2D eigenvalue weighted by atomic mass is 10.1. The van der Waals surface area contributed by atoms with Gasteiger partial charge in [-0.05, 0) is 50.2 Å². The normalized spacial score (nSPS) is 17.3. The zero-order valence-corrected chi connectivity index (χ0v) is 16.2. The van der Waals surface area contributed by atoms with Crippen LogP contribution in [0.3, 0.4) is 0 Å². The summed E-state index contributed by atoms with van der Waals surface area (Å²) in [5.41, 5.74) is 2.32. The smallest absolute Gasteiger partial charge is 0.258 e. The highest BCUT2D eigenvalue weighted by Gasteiger charge is 2.30. The van der Waals surface area contributed by atoms with Crippen molar-refractivity contribution in [3.63, 3.8) is 0 Å². The Morgan fingerprint density at radius 3 is 2.04 bits per heavy atom. The predicted octanol–water partition coefficient (Wildman–Crippen LogP) is 3.56. The SMILES string of the molecule is O=C(CCN1CCCCC1)N1CCN(C(=O)c2ccccc2)c2ccccc21. The summed E-state index contributed by atoms with van der Waals surface area (Å²) in [7, 11) is 0. The third kappa shape index (κ3) is 3.94. The van der Waals surface area contributed by atoms with Crippen LogP contribution in [0, 0.1) is 0 Å². The zero-order chi connectivity index (χ0) is 19.3. The summed E-state index contributed by atoms with van der Waals surface area (Å²) in [6.07, 6.45) is 4.30. The van der Waals surface area contributed by atoms with Gasteiger partial charge in [-0.3, -0.25) is 9.59 Å². The van der Waals surface area contributed by atoms with Gasteiger partial charge in [0.25, 0.3) is 5.91 Å². The molecule has 2 amide bonds. The zero-order valence-electron chi connectivity index (χ0n) is 16.2. The van der Waals surface area contributed by atoms with E-state index in [0.29, 0.717) is 25.1 Å². The maximum atomic E-state index is 13.0. The lowest BCUT2D eigenvalue weighted by molar-refractivity contribution is -0.119. The minimum Gasteiger partial charge on any atom is -0.309 e. The van der Waals surface area contributed by atoms with E-state index < -0.39 is 0 Å². The monoisotopic (exact) mass is 377 g/mol. The minimum absolute atomic E-state index is 0.0199. The highest BCUT2D eigenvalue weighted by Crippen LogP contribution is 2.34. The van der Waals surface area contributed by atoms with Crippen molar-refractivity contribution in [3.8, 4) is 0 Å². The summed E-state index contributed by atoms with van der Waals surface area (Å²) >= 11 is 0. The van der Waals surface area contributed by atoms with Crippen LogP contribution in [0.2, 0.25) is 0 Å². The topological polar surface area (TPSA) is 43.9 Å². The first-order valence-corrected chi connectivity index (χ1v) is 10.2. The Kier molecular flexibility index (Phi) is 5.72. The van der Waals surface area contributed by atoms with Crippen LogP contribution in [0.15, 0.2) is 54.6 Å². The molecule has 2 aromatic rings. The van der Waals surface area contributed by atoms with E-state index in [1.165, 1.54) is 19.3 Å². The van der Waals surface area contributed by atoms with Crippen molar-refractivity contribution in [1.82, 2.24) is 4.90 Å². The van der Waals surface area contributed by atoms with Gasteiger partial charge in [-0.25, -0.2) is 0 Å². The Bertz CT molecular complexity index is 831. The van der Waals surface area contributed by atoms with E-state index in [2.05, 4.69) is 4.90 Å². The third-order valence-corrected chi connectivity index (χ3v) is 5.67. The first-order valence-electron chi connectivity index (χ1n) is 10.2. The van der Waals surface area contributed by atoms with E-state index in [-0.39, 0.29) is 11.8 Å². The maximum absolute atomic E-state index is 13.0. The molecule has 0 saturated carbocycles. The van der Waals surface area contributed by atoms with Crippen molar-refractivity contribution >= 4 is 23.2 Å². The average Bonchev–Trinajstić information content (AvgIpc) is 2.77. The van der Waals surface area contributed by atoms with Crippen LogP contribution in [0.4, 0.5) is 11.4 Å². The van der Waals surface area contributed by atoms with Crippen LogP contribution in [0.1, 0.15) is 36.0 Å². The van der Waals surface area contributed by atoms with Crippen LogP contribution >= 0.6 is 0 Å². The second kappa shape index (κ2) is 8.57. The van der Waals surface area contributed by atoms with Crippen LogP contribution in [-0.2, 0) is 4.79 Å². The van der Waals surface area contributed by atoms with E-state index in [9.17, 15) is 9.59 Å². The average molecular weight is 377 g/mol. The molecule has 5 heteroatoms. The molecule has 0 N–H and O–H groups in total. The second-order valence-corrected chi connectivity index (χ2v) is 7.51. The molecule has 2 aliphatic rings. The molecular formula is C23H27N3O2. The van der Waals surface area contributed by atoms with Gasteiger partial charge < -0.3 is 14.7 Å². The molecule has 146 valence electrons. The molecule has 2 aliphatic heterocycles. The van der Waals surface area contributed by atoms with Gasteiger partial charge in [-0.1, -0.05) is 36.8 Å². The molecule has 28 heavy (non-hydrogen) atoms. The standard InChI is InChI=1S/C23H27N3O2/c27-22(13-16-24-14-7-2-8-15-24)25-17-18-26(21-12-6-5-11-20(21)25)23(28)19-9-3-1-4-10-19/h1,3-6,9-12H,2,7-8,13-18H2. The highest BCUT2D eigenvalue weighted by molar-refractivity contribution is 6.10. The van der Waals surface area contributed by atoms with E-state index in [4.69, 9.17) is 0 Å². The van der Waals surface area contributed by atoms with Gasteiger partial charge in [0, 0.05) is 31.6 Å². The molecule has 0 bridgehead atoms. The quantitative estimate of drug-likeness (QED) is 0.818. The molecule has 0 aliphatic carbocycles. The summed E-state index contributed by atoms with van der Waals surface area (Å²) in [6.45, 7) is 4.07.